The number of hydrogen-bond acceptors (Lipinski definition) is 4. The van der Waals surface area contributed by atoms with Crippen LogP contribution in [0.2, 0.25) is 0 Å². The molecule has 0 radical (unpaired) electrons. The van der Waals surface area contributed by atoms with Crippen molar-refractivity contribution in [2.45, 2.75) is 0 Å². The standard InChI is InChI=1S/C10H8N4O/c11-5-7-6-14(13-10(7)12)8-1-3-9(15)4-2-8/h1-4,6,15H,(H2,12,13). The van der Waals surface area contributed by atoms with E-state index in [1.807, 2.05) is 6.07 Å². The van der Waals surface area contributed by atoms with Crippen molar-refractivity contribution in [3.63, 3.8) is 0 Å². The normalized spacial score (nSPS) is 9.80. The second-order valence-corrected chi connectivity index (χ2v) is 3.00. The van der Waals surface area contributed by atoms with Crippen LogP contribution in [0.5, 0.6) is 5.75 Å². The highest BCUT2D eigenvalue weighted by Crippen LogP contribution is 2.15. The Bertz CT molecular complexity index is 521. The van der Waals surface area contributed by atoms with E-state index in [1.165, 1.54) is 4.68 Å². The third-order valence-corrected chi connectivity index (χ3v) is 1.98. The number of aromatic hydroxyl groups is 1. The summed E-state index contributed by atoms with van der Waals surface area (Å²) in [5.74, 6) is 0.380. The fraction of sp³-hybridized carbons (Fsp3) is 0. The average molecular weight is 200 g/mol. The molecule has 0 aliphatic carbocycles. The van der Waals surface area contributed by atoms with E-state index in [-0.39, 0.29) is 11.6 Å². The molecule has 3 N–H and O–H groups in total. The number of benzene rings is 1. The minimum absolute atomic E-state index is 0.180. The maximum absolute atomic E-state index is 9.10. The van der Waals surface area contributed by atoms with Gasteiger partial charge in [0.1, 0.15) is 17.4 Å². The van der Waals surface area contributed by atoms with E-state index in [9.17, 15) is 0 Å². The molecule has 0 saturated heterocycles. The smallest absolute Gasteiger partial charge is 0.163 e. The summed E-state index contributed by atoms with van der Waals surface area (Å²) in [4.78, 5) is 0. The van der Waals surface area contributed by atoms with E-state index < -0.39 is 0 Å². The van der Waals surface area contributed by atoms with Crippen LogP contribution in [0.1, 0.15) is 5.56 Å². The summed E-state index contributed by atoms with van der Waals surface area (Å²) in [7, 11) is 0. The Morgan fingerprint density at radius 1 is 1.33 bits per heavy atom. The molecule has 0 saturated carbocycles. The van der Waals surface area contributed by atoms with Crippen LogP contribution in [-0.2, 0) is 0 Å². The van der Waals surface area contributed by atoms with Gasteiger partial charge < -0.3 is 10.8 Å². The number of nitrogen functional groups attached to an aromatic ring is 1. The minimum Gasteiger partial charge on any atom is -0.508 e. The maximum atomic E-state index is 9.10. The summed E-state index contributed by atoms with van der Waals surface area (Å²) in [5, 5.41) is 21.8. The summed E-state index contributed by atoms with van der Waals surface area (Å²) < 4.78 is 1.49. The zero-order chi connectivity index (χ0) is 10.8. The van der Waals surface area contributed by atoms with Crippen LogP contribution in [0.15, 0.2) is 30.5 Å². The number of phenolic OH excluding ortho intramolecular Hbond substituents is 1. The lowest BCUT2D eigenvalue weighted by atomic mass is 10.3. The molecule has 5 nitrogen and oxygen atoms in total. The van der Waals surface area contributed by atoms with Gasteiger partial charge in [0, 0.05) is 0 Å². The van der Waals surface area contributed by atoms with E-state index in [0.717, 1.165) is 5.69 Å². The van der Waals surface area contributed by atoms with Crippen molar-refractivity contribution in [2.75, 3.05) is 5.73 Å². The zero-order valence-corrected chi connectivity index (χ0v) is 7.75. The van der Waals surface area contributed by atoms with Gasteiger partial charge in [-0.15, -0.1) is 5.10 Å². The highest BCUT2D eigenvalue weighted by Gasteiger charge is 2.05. The SMILES string of the molecule is N#Cc1cn(-c2ccc(O)cc2)nc1N. The molecular formula is C10H8N4O. The van der Waals surface area contributed by atoms with Gasteiger partial charge in [0.15, 0.2) is 5.82 Å². The van der Waals surface area contributed by atoms with Crippen LogP contribution in [0, 0.1) is 11.3 Å². The number of nitriles is 1. The number of rotatable bonds is 1. The Kier molecular flexibility index (Phi) is 2.03. The molecule has 1 aromatic heterocycles. The molecule has 1 aromatic carbocycles. The molecule has 0 aliphatic heterocycles. The predicted octanol–water partition coefficient (Wildman–Crippen LogP) is 1.03. The highest BCUT2D eigenvalue weighted by molar-refractivity contribution is 5.49. The molecule has 2 rings (SSSR count). The van der Waals surface area contributed by atoms with Crippen LogP contribution in [0.4, 0.5) is 5.82 Å². The minimum atomic E-state index is 0.180. The van der Waals surface area contributed by atoms with Crippen LogP contribution in [0.25, 0.3) is 5.69 Å². The first-order valence-corrected chi connectivity index (χ1v) is 4.25. The number of hydrogen-bond donors (Lipinski definition) is 2. The second kappa shape index (κ2) is 3.35. The molecule has 0 bridgehead atoms. The number of aromatic nitrogens is 2. The van der Waals surface area contributed by atoms with Crippen molar-refractivity contribution in [3.05, 3.63) is 36.0 Å². The van der Waals surface area contributed by atoms with Crippen LogP contribution >= 0.6 is 0 Å². The van der Waals surface area contributed by atoms with E-state index in [2.05, 4.69) is 5.10 Å². The van der Waals surface area contributed by atoms with Gasteiger partial charge >= 0.3 is 0 Å². The Balaban J connectivity index is 2.46. The van der Waals surface area contributed by atoms with Gasteiger partial charge in [-0.1, -0.05) is 0 Å². The van der Waals surface area contributed by atoms with Crippen molar-refractivity contribution in [1.82, 2.24) is 9.78 Å². The summed E-state index contributed by atoms with van der Waals surface area (Å²) >= 11 is 0. The summed E-state index contributed by atoms with van der Waals surface area (Å²) in [5.41, 5.74) is 6.59. The van der Waals surface area contributed by atoms with Crippen molar-refractivity contribution in [1.29, 1.82) is 5.26 Å². The topological polar surface area (TPSA) is 87.9 Å². The van der Waals surface area contributed by atoms with E-state index >= 15 is 0 Å². The van der Waals surface area contributed by atoms with Crippen molar-refractivity contribution in [3.8, 4) is 17.5 Å². The molecule has 5 heteroatoms. The first kappa shape index (κ1) is 9.09. The van der Waals surface area contributed by atoms with Gasteiger partial charge in [-0.05, 0) is 24.3 Å². The van der Waals surface area contributed by atoms with Crippen molar-refractivity contribution in [2.24, 2.45) is 0 Å². The predicted molar refractivity (Wildman–Crippen MR) is 54.4 cm³/mol. The monoisotopic (exact) mass is 200 g/mol. The van der Waals surface area contributed by atoms with Crippen molar-refractivity contribution < 1.29 is 5.11 Å². The summed E-state index contributed by atoms with van der Waals surface area (Å²) in [6, 6.07) is 8.39. The fourth-order valence-corrected chi connectivity index (χ4v) is 1.21. The third-order valence-electron chi connectivity index (χ3n) is 1.98. The Labute approximate surface area is 86.0 Å². The number of phenols is 1. The highest BCUT2D eigenvalue weighted by atomic mass is 16.3. The first-order valence-electron chi connectivity index (χ1n) is 4.25. The molecule has 1 heterocycles. The van der Waals surface area contributed by atoms with Gasteiger partial charge in [-0.2, -0.15) is 5.26 Å². The maximum Gasteiger partial charge on any atom is 0.163 e. The van der Waals surface area contributed by atoms with E-state index in [0.29, 0.717) is 5.56 Å². The molecule has 0 fully saturated rings. The average Bonchev–Trinajstić information content (AvgIpc) is 2.61. The van der Waals surface area contributed by atoms with Gasteiger partial charge in [0.05, 0.1) is 11.9 Å². The molecule has 0 atom stereocenters. The molecule has 15 heavy (non-hydrogen) atoms. The van der Waals surface area contributed by atoms with Crippen LogP contribution < -0.4 is 5.73 Å². The lowest BCUT2D eigenvalue weighted by Gasteiger charge is -1.99. The number of anilines is 1. The molecule has 0 amide bonds. The summed E-state index contributed by atoms with van der Waals surface area (Å²) in [6.07, 6.45) is 1.54. The zero-order valence-electron chi connectivity index (χ0n) is 7.75. The molecule has 0 aliphatic rings. The van der Waals surface area contributed by atoms with Crippen LogP contribution in [-0.4, -0.2) is 14.9 Å². The molecular weight excluding hydrogens is 192 g/mol. The van der Waals surface area contributed by atoms with Gasteiger partial charge in [0.25, 0.3) is 0 Å². The number of nitrogens with two attached hydrogens (primary N) is 1. The number of nitrogens with zero attached hydrogens (tertiary/aromatic N) is 3. The van der Waals surface area contributed by atoms with Crippen LogP contribution in [0.3, 0.4) is 0 Å². The lowest BCUT2D eigenvalue weighted by Crippen LogP contribution is -1.95. The second-order valence-electron chi connectivity index (χ2n) is 3.00. The molecule has 0 unspecified atom stereocenters. The fourth-order valence-electron chi connectivity index (χ4n) is 1.21. The quantitative estimate of drug-likeness (QED) is 0.719. The van der Waals surface area contributed by atoms with Gasteiger partial charge in [-0.25, -0.2) is 4.68 Å². The Hall–Kier alpha value is -2.48. The van der Waals surface area contributed by atoms with Gasteiger partial charge in [-0.3, -0.25) is 0 Å². The Morgan fingerprint density at radius 2 is 2.00 bits per heavy atom. The third kappa shape index (κ3) is 1.60. The lowest BCUT2D eigenvalue weighted by molar-refractivity contribution is 0.475. The van der Waals surface area contributed by atoms with E-state index in [4.69, 9.17) is 16.1 Å². The molecule has 2 aromatic rings. The Morgan fingerprint density at radius 3 is 2.53 bits per heavy atom. The van der Waals surface area contributed by atoms with Gasteiger partial charge in [0.2, 0.25) is 0 Å². The van der Waals surface area contributed by atoms with E-state index in [1.54, 1.807) is 30.5 Å². The largest absolute Gasteiger partial charge is 0.508 e. The van der Waals surface area contributed by atoms with Crippen molar-refractivity contribution >= 4 is 5.82 Å². The first-order chi connectivity index (χ1) is 7.20. The molecule has 74 valence electrons. The molecule has 0 spiro atoms. The summed E-state index contributed by atoms with van der Waals surface area (Å²) in [6.45, 7) is 0.